The number of anilines is 1. The van der Waals surface area contributed by atoms with E-state index in [4.69, 9.17) is 4.74 Å². The van der Waals surface area contributed by atoms with Gasteiger partial charge < -0.3 is 25.8 Å². The van der Waals surface area contributed by atoms with Gasteiger partial charge >= 0.3 is 6.09 Å². The molecule has 1 saturated heterocycles. The fourth-order valence-corrected chi connectivity index (χ4v) is 3.47. The summed E-state index contributed by atoms with van der Waals surface area (Å²) in [5, 5.41) is 18.2. The van der Waals surface area contributed by atoms with Crippen molar-refractivity contribution in [1.29, 1.82) is 0 Å². The van der Waals surface area contributed by atoms with Gasteiger partial charge in [-0.15, -0.1) is 0 Å². The minimum Gasteiger partial charge on any atom is -0.444 e. The van der Waals surface area contributed by atoms with Crippen LogP contribution >= 0.6 is 0 Å². The number of nitrogens with one attached hydrogen (secondary N) is 3. The number of carbonyl (C=O) groups excluding carboxylic acids is 4. The molecule has 1 aromatic carbocycles. The number of rotatable bonds is 5. The second-order valence-electron chi connectivity index (χ2n) is 8.18. The van der Waals surface area contributed by atoms with Gasteiger partial charge in [0.1, 0.15) is 11.8 Å². The van der Waals surface area contributed by atoms with Crippen molar-refractivity contribution in [2.75, 3.05) is 18.4 Å². The molecule has 10 heteroatoms. The molecule has 1 aromatic rings. The van der Waals surface area contributed by atoms with Crippen LogP contribution in [0.2, 0.25) is 0 Å². The number of hydrogen-bond donors (Lipinski definition) is 4. The van der Waals surface area contributed by atoms with E-state index < -0.39 is 35.8 Å². The zero-order valence-corrected chi connectivity index (χ0v) is 17.2. The Bertz CT molecular complexity index is 879. The minimum atomic E-state index is -1.30. The summed E-state index contributed by atoms with van der Waals surface area (Å²) in [4.78, 5) is 50.0. The van der Waals surface area contributed by atoms with Crippen molar-refractivity contribution in [3.63, 3.8) is 0 Å². The first-order valence-corrected chi connectivity index (χ1v) is 9.77. The van der Waals surface area contributed by atoms with Crippen molar-refractivity contribution in [2.45, 2.75) is 51.5 Å². The summed E-state index contributed by atoms with van der Waals surface area (Å²) in [7, 11) is 0. The maximum absolute atomic E-state index is 13.0. The van der Waals surface area contributed by atoms with Gasteiger partial charge in [-0.2, -0.15) is 0 Å². The highest BCUT2D eigenvalue weighted by molar-refractivity contribution is 6.24. The molecular weight excluding hydrogens is 392 g/mol. The average molecular weight is 418 g/mol. The highest BCUT2D eigenvalue weighted by atomic mass is 16.6. The molecule has 1 fully saturated rings. The Morgan fingerprint density at radius 1 is 1.23 bits per heavy atom. The lowest BCUT2D eigenvalue weighted by Gasteiger charge is -2.33. The van der Waals surface area contributed by atoms with Gasteiger partial charge in [-0.3, -0.25) is 19.3 Å². The molecule has 2 aliphatic rings. The fraction of sp³-hybridized carbons (Fsp3) is 0.500. The van der Waals surface area contributed by atoms with Crippen molar-refractivity contribution in [3.8, 4) is 0 Å². The average Bonchev–Trinajstić information content (AvgIpc) is 2.89. The first-order valence-electron chi connectivity index (χ1n) is 9.77. The van der Waals surface area contributed by atoms with Crippen molar-refractivity contribution in [1.82, 2.24) is 15.5 Å². The molecule has 3 rings (SSSR count). The number of carbonyl (C=O) groups is 4. The van der Waals surface area contributed by atoms with E-state index in [1.807, 2.05) is 0 Å². The molecule has 2 heterocycles. The van der Waals surface area contributed by atoms with E-state index in [2.05, 4.69) is 16.0 Å². The number of amides is 4. The molecule has 162 valence electrons. The van der Waals surface area contributed by atoms with Crippen molar-refractivity contribution in [2.24, 2.45) is 0 Å². The summed E-state index contributed by atoms with van der Waals surface area (Å²) in [5.41, 5.74) is 0.295. The Morgan fingerprint density at radius 3 is 2.63 bits per heavy atom. The molecule has 10 nitrogen and oxygen atoms in total. The van der Waals surface area contributed by atoms with Gasteiger partial charge in [-0.25, -0.2) is 4.79 Å². The lowest BCUT2D eigenvalue weighted by Crippen LogP contribution is -2.57. The minimum absolute atomic E-state index is 0.122. The smallest absolute Gasteiger partial charge is 0.407 e. The second kappa shape index (κ2) is 8.31. The van der Waals surface area contributed by atoms with Crippen molar-refractivity contribution in [3.05, 3.63) is 29.3 Å². The number of nitrogens with zero attached hydrogens (tertiary/aromatic N) is 1. The lowest BCUT2D eigenvalue weighted by molar-refractivity contribution is -0.129. The van der Waals surface area contributed by atoms with Gasteiger partial charge in [0.05, 0.1) is 17.2 Å². The van der Waals surface area contributed by atoms with Gasteiger partial charge in [0.15, 0.2) is 0 Å². The maximum atomic E-state index is 13.0. The monoisotopic (exact) mass is 418 g/mol. The predicted octanol–water partition coefficient (Wildman–Crippen LogP) is 0.816. The van der Waals surface area contributed by atoms with Crippen LogP contribution in [0.4, 0.5) is 10.5 Å². The zero-order chi connectivity index (χ0) is 22.1. The molecule has 0 bridgehead atoms. The summed E-state index contributed by atoms with van der Waals surface area (Å²) in [6.07, 6.45) is -1.53. The van der Waals surface area contributed by atoms with Gasteiger partial charge in [0.25, 0.3) is 11.8 Å². The molecular formula is C20H26N4O6. The second-order valence-corrected chi connectivity index (χ2v) is 8.18. The third kappa shape index (κ3) is 4.54. The Labute approximate surface area is 173 Å². The molecule has 0 radical (unpaired) electrons. The molecule has 4 N–H and O–H groups in total. The van der Waals surface area contributed by atoms with Crippen molar-refractivity contribution >= 4 is 29.5 Å². The van der Waals surface area contributed by atoms with Crippen LogP contribution in [0, 0.1) is 0 Å². The van der Waals surface area contributed by atoms with E-state index >= 15 is 0 Å². The van der Waals surface area contributed by atoms with E-state index in [0.29, 0.717) is 12.2 Å². The highest BCUT2D eigenvalue weighted by Crippen LogP contribution is 2.32. The molecule has 2 unspecified atom stereocenters. The molecule has 0 saturated carbocycles. The van der Waals surface area contributed by atoms with Gasteiger partial charge in [-0.1, -0.05) is 6.07 Å². The predicted molar refractivity (Wildman–Crippen MR) is 107 cm³/mol. The fourth-order valence-electron chi connectivity index (χ4n) is 3.47. The van der Waals surface area contributed by atoms with Crippen LogP contribution < -0.4 is 16.0 Å². The van der Waals surface area contributed by atoms with E-state index in [9.17, 15) is 24.3 Å². The summed E-state index contributed by atoms with van der Waals surface area (Å²) < 4.78 is 5.16. The van der Waals surface area contributed by atoms with Gasteiger partial charge in [-0.05, 0) is 39.3 Å². The molecule has 4 amide bonds. The van der Waals surface area contributed by atoms with Crippen LogP contribution in [0.25, 0.3) is 0 Å². The largest absolute Gasteiger partial charge is 0.444 e. The van der Waals surface area contributed by atoms with Crippen LogP contribution in [0.5, 0.6) is 0 Å². The van der Waals surface area contributed by atoms with Crippen LogP contribution in [-0.4, -0.2) is 64.8 Å². The van der Waals surface area contributed by atoms with Gasteiger partial charge in [0, 0.05) is 25.2 Å². The van der Waals surface area contributed by atoms with E-state index in [1.54, 1.807) is 39.0 Å². The van der Waals surface area contributed by atoms with Crippen LogP contribution in [0.15, 0.2) is 18.2 Å². The number of hydrogen-bond acceptors (Lipinski definition) is 7. The summed E-state index contributed by atoms with van der Waals surface area (Å²) >= 11 is 0. The summed E-state index contributed by atoms with van der Waals surface area (Å²) in [5.74, 6) is -1.36. The van der Waals surface area contributed by atoms with Crippen LogP contribution in [0.3, 0.4) is 0 Å². The van der Waals surface area contributed by atoms with Crippen molar-refractivity contribution < 1.29 is 29.0 Å². The third-order valence-corrected chi connectivity index (χ3v) is 4.73. The normalized spacial score (nSPS) is 21.2. The Balaban J connectivity index is 1.66. The number of fused-ring (bicyclic) bond motifs is 1. The third-order valence-electron chi connectivity index (χ3n) is 4.73. The summed E-state index contributed by atoms with van der Waals surface area (Å²) in [6, 6.07) is 4.04. The lowest BCUT2D eigenvalue weighted by atomic mass is 10.0. The van der Waals surface area contributed by atoms with Gasteiger partial charge in [0.2, 0.25) is 5.91 Å². The quantitative estimate of drug-likeness (QED) is 0.410. The van der Waals surface area contributed by atoms with E-state index in [1.165, 1.54) is 0 Å². The van der Waals surface area contributed by atoms with E-state index in [0.717, 1.165) is 4.90 Å². The molecule has 0 spiro atoms. The maximum Gasteiger partial charge on any atom is 0.407 e. The number of alkyl carbamates (subject to hydrolysis) is 1. The standard InChI is InChI=1S/C20H26N4O6/c1-20(2,3)30-19(29)22-10-9-21-12-6-4-5-11-15(12)18(28)24(17(11)27)13-7-8-14(25)23-16(13)26/h4-6,13,16,21,26H,7-10H2,1-3H3,(H,22,29)(H,23,25). The number of benzene rings is 1. The molecule has 30 heavy (non-hydrogen) atoms. The van der Waals surface area contributed by atoms with E-state index in [-0.39, 0.29) is 36.4 Å². The van der Waals surface area contributed by atoms with Crippen LogP contribution in [0.1, 0.15) is 54.3 Å². The molecule has 2 atom stereocenters. The highest BCUT2D eigenvalue weighted by Gasteiger charge is 2.45. The zero-order valence-electron chi connectivity index (χ0n) is 17.2. The number of imide groups is 1. The number of ether oxygens (including phenoxy) is 1. The Hall–Kier alpha value is -3.14. The molecule has 0 aromatic heterocycles. The number of piperidine rings is 1. The Kier molecular flexibility index (Phi) is 5.97. The molecule has 0 aliphatic carbocycles. The summed E-state index contributed by atoms with van der Waals surface area (Å²) in [6.45, 7) is 5.85. The first-order chi connectivity index (χ1) is 14.1. The topological polar surface area (TPSA) is 137 Å². The first kappa shape index (κ1) is 21.6. The SMILES string of the molecule is CC(C)(C)OC(=O)NCCNc1cccc2c1C(=O)N(C1CCC(=O)NC1O)C2=O. The van der Waals surface area contributed by atoms with Crippen LogP contribution in [-0.2, 0) is 9.53 Å². The number of aliphatic hydroxyl groups excluding tert-OH is 1. The molecule has 2 aliphatic heterocycles. The Morgan fingerprint density at radius 2 is 1.97 bits per heavy atom. The number of aliphatic hydroxyl groups is 1.